The minimum atomic E-state index is 0.253. The molecule has 0 radical (unpaired) electrons. The van der Waals surface area contributed by atoms with E-state index in [4.69, 9.17) is 0 Å². The molecule has 0 fully saturated rings. The average Bonchev–Trinajstić information content (AvgIpc) is 2.91. The summed E-state index contributed by atoms with van der Waals surface area (Å²) in [4.78, 5) is 0. The normalized spacial score (nSPS) is 14.7. The van der Waals surface area contributed by atoms with Crippen LogP contribution in [0.1, 0.15) is 39.7 Å². The van der Waals surface area contributed by atoms with Crippen molar-refractivity contribution in [2.24, 2.45) is 5.92 Å². The van der Waals surface area contributed by atoms with E-state index in [9.17, 15) is 0 Å². The topological polar surface area (TPSA) is 17.8 Å². The molecule has 0 aliphatic carbocycles. The summed E-state index contributed by atoms with van der Waals surface area (Å²) in [7, 11) is 0. The van der Waals surface area contributed by atoms with Gasteiger partial charge in [0.25, 0.3) is 0 Å². The number of rotatable bonds is 4. The zero-order chi connectivity index (χ0) is 13.2. The van der Waals surface area contributed by atoms with Gasteiger partial charge in [-0.15, -0.1) is 0 Å². The van der Waals surface area contributed by atoms with Crippen molar-refractivity contribution in [3.63, 3.8) is 0 Å². The molecule has 1 atom stereocenters. The molecule has 0 bridgehead atoms. The van der Waals surface area contributed by atoms with E-state index in [1.165, 1.54) is 5.56 Å². The predicted octanol–water partition coefficient (Wildman–Crippen LogP) is 4.20. The molecule has 0 spiro atoms. The number of nitrogens with zero attached hydrogens (tertiary/aromatic N) is 2. The van der Waals surface area contributed by atoms with Crippen LogP contribution in [0, 0.1) is 5.92 Å². The first-order valence-corrected chi connectivity index (χ1v) is 6.68. The highest BCUT2D eigenvalue weighted by atomic mass is 15.3. The summed E-state index contributed by atoms with van der Waals surface area (Å²) >= 11 is 0. The summed E-state index contributed by atoms with van der Waals surface area (Å²) in [5.74, 6) is 0.637. The molecule has 2 aromatic rings. The molecular weight excluding hydrogens is 220 g/mol. The van der Waals surface area contributed by atoms with E-state index in [0.29, 0.717) is 5.92 Å². The van der Waals surface area contributed by atoms with Crippen molar-refractivity contribution < 1.29 is 0 Å². The van der Waals surface area contributed by atoms with Crippen LogP contribution in [0.5, 0.6) is 0 Å². The van der Waals surface area contributed by atoms with E-state index in [2.05, 4.69) is 57.1 Å². The second kappa shape index (κ2) is 4.97. The zero-order valence-electron chi connectivity index (χ0n) is 11.7. The van der Waals surface area contributed by atoms with Gasteiger partial charge in [-0.05, 0) is 41.5 Å². The molecule has 2 heteroatoms. The molecule has 0 saturated heterocycles. The van der Waals surface area contributed by atoms with E-state index >= 15 is 0 Å². The van der Waals surface area contributed by atoms with Crippen molar-refractivity contribution in [1.29, 1.82) is 0 Å². The molecule has 1 unspecified atom stereocenters. The second-order valence-corrected chi connectivity index (χ2v) is 5.42. The van der Waals surface area contributed by atoms with Crippen LogP contribution < -0.4 is 0 Å². The monoisotopic (exact) mass is 242 g/mol. The van der Waals surface area contributed by atoms with Crippen molar-refractivity contribution in [3.05, 3.63) is 48.3 Å². The predicted molar refractivity (Wildman–Crippen MR) is 76.0 cm³/mol. The van der Waals surface area contributed by atoms with Gasteiger partial charge in [0.1, 0.15) is 0 Å². The molecule has 0 aliphatic rings. The van der Waals surface area contributed by atoms with E-state index in [1.807, 2.05) is 16.9 Å². The molecule has 0 amide bonds. The Balaban J connectivity index is 2.33. The number of hydrogen-bond acceptors (Lipinski definition) is 1. The van der Waals surface area contributed by atoms with Crippen molar-refractivity contribution in [2.45, 2.75) is 39.5 Å². The fourth-order valence-electron chi connectivity index (χ4n) is 2.36. The summed E-state index contributed by atoms with van der Waals surface area (Å²) in [6.45, 7) is 9.21. The smallest absolute Gasteiger partial charge is 0.0645 e. The lowest BCUT2D eigenvalue weighted by atomic mass is 9.71. The Morgan fingerprint density at radius 2 is 1.89 bits per heavy atom. The van der Waals surface area contributed by atoms with E-state index < -0.39 is 0 Å². The third-order valence-electron chi connectivity index (χ3n) is 4.30. The van der Waals surface area contributed by atoms with Gasteiger partial charge in [0.05, 0.1) is 5.69 Å². The molecule has 2 nitrogen and oxygen atoms in total. The number of hydrogen-bond donors (Lipinski definition) is 0. The Hall–Kier alpha value is -1.57. The highest BCUT2D eigenvalue weighted by Gasteiger charge is 2.28. The summed E-state index contributed by atoms with van der Waals surface area (Å²) in [6.07, 6.45) is 4.93. The van der Waals surface area contributed by atoms with Gasteiger partial charge in [0.15, 0.2) is 0 Å². The molecule has 96 valence electrons. The minimum absolute atomic E-state index is 0.253. The van der Waals surface area contributed by atoms with Crippen LogP contribution in [0.25, 0.3) is 5.69 Å². The van der Waals surface area contributed by atoms with Crippen LogP contribution in [0.15, 0.2) is 42.7 Å². The van der Waals surface area contributed by atoms with Crippen LogP contribution in [0.4, 0.5) is 0 Å². The van der Waals surface area contributed by atoms with Crippen LogP contribution in [0.3, 0.4) is 0 Å². The Kier molecular flexibility index (Phi) is 3.55. The van der Waals surface area contributed by atoms with Crippen molar-refractivity contribution in [1.82, 2.24) is 9.78 Å². The molecule has 0 aliphatic heterocycles. The largest absolute Gasteiger partial charge is 0.241 e. The second-order valence-electron chi connectivity index (χ2n) is 5.42. The van der Waals surface area contributed by atoms with Crippen LogP contribution in [-0.4, -0.2) is 9.78 Å². The average molecular weight is 242 g/mol. The van der Waals surface area contributed by atoms with Crippen molar-refractivity contribution in [2.75, 3.05) is 0 Å². The summed E-state index contributed by atoms with van der Waals surface area (Å²) in [5.41, 5.74) is 2.78. The Bertz CT molecular complexity index is 482. The van der Waals surface area contributed by atoms with Gasteiger partial charge in [-0.1, -0.05) is 39.8 Å². The molecule has 1 heterocycles. The van der Waals surface area contributed by atoms with Crippen LogP contribution in [0.2, 0.25) is 0 Å². The Labute approximate surface area is 110 Å². The first-order chi connectivity index (χ1) is 8.58. The Morgan fingerprint density at radius 1 is 1.22 bits per heavy atom. The lowest BCUT2D eigenvalue weighted by Gasteiger charge is -2.33. The lowest BCUT2D eigenvalue weighted by molar-refractivity contribution is 0.326. The van der Waals surface area contributed by atoms with Gasteiger partial charge >= 0.3 is 0 Å². The SMILES string of the molecule is CCC(C)(c1ccc(-n2cccn2)cc1)C(C)C. The molecule has 18 heavy (non-hydrogen) atoms. The Morgan fingerprint density at radius 3 is 2.33 bits per heavy atom. The fraction of sp³-hybridized carbons (Fsp3) is 0.438. The molecule has 0 saturated carbocycles. The van der Waals surface area contributed by atoms with Gasteiger partial charge in [-0.2, -0.15) is 5.10 Å². The van der Waals surface area contributed by atoms with Gasteiger partial charge in [0, 0.05) is 12.4 Å². The first kappa shape index (κ1) is 12.9. The molecule has 2 rings (SSSR count). The summed E-state index contributed by atoms with van der Waals surface area (Å²) in [5, 5.41) is 4.25. The first-order valence-electron chi connectivity index (χ1n) is 6.68. The molecule has 1 aromatic heterocycles. The number of benzene rings is 1. The third kappa shape index (κ3) is 2.20. The van der Waals surface area contributed by atoms with Crippen molar-refractivity contribution >= 4 is 0 Å². The maximum atomic E-state index is 4.25. The zero-order valence-corrected chi connectivity index (χ0v) is 11.7. The standard InChI is InChI=1S/C16H22N2/c1-5-16(4,13(2)3)14-7-9-15(10-8-14)18-12-6-11-17-18/h6-13H,5H2,1-4H3. The van der Waals surface area contributed by atoms with Gasteiger partial charge in [0.2, 0.25) is 0 Å². The summed E-state index contributed by atoms with van der Waals surface area (Å²) in [6, 6.07) is 10.7. The number of aromatic nitrogens is 2. The fourth-order valence-corrected chi connectivity index (χ4v) is 2.36. The van der Waals surface area contributed by atoms with E-state index in [0.717, 1.165) is 12.1 Å². The van der Waals surface area contributed by atoms with E-state index in [1.54, 1.807) is 6.20 Å². The van der Waals surface area contributed by atoms with Gasteiger partial charge < -0.3 is 0 Å². The maximum Gasteiger partial charge on any atom is 0.0645 e. The minimum Gasteiger partial charge on any atom is -0.241 e. The highest BCUT2D eigenvalue weighted by molar-refractivity contribution is 5.37. The lowest BCUT2D eigenvalue weighted by Crippen LogP contribution is -2.27. The molecule has 1 aromatic carbocycles. The molecule has 0 N–H and O–H groups in total. The van der Waals surface area contributed by atoms with E-state index in [-0.39, 0.29) is 5.41 Å². The quantitative estimate of drug-likeness (QED) is 0.785. The molecular formula is C16H22N2. The van der Waals surface area contributed by atoms with Gasteiger partial charge in [-0.25, -0.2) is 4.68 Å². The maximum absolute atomic E-state index is 4.25. The van der Waals surface area contributed by atoms with Gasteiger partial charge in [-0.3, -0.25) is 0 Å². The summed E-state index contributed by atoms with van der Waals surface area (Å²) < 4.78 is 1.89. The van der Waals surface area contributed by atoms with Crippen LogP contribution in [-0.2, 0) is 5.41 Å². The third-order valence-corrected chi connectivity index (χ3v) is 4.30. The van der Waals surface area contributed by atoms with Crippen LogP contribution >= 0.6 is 0 Å². The van der Waals surface area contributed by atoms with Crippen molar-refractivity contribution in [3.8, 4) is 5.69 Å². The highest BCUT2D eigenvalue weighted by Crippen LogP contribution is 2.35.